The minimum absolute atomic E-state index is 0.353. The first-order valence-electron chi connectivity index (χ1n) is 8.94. The van der Waals surface area contributed by atoms with Crippen LogP contribution in [-0.2, 0) is 4.74 Å². The topological polar surface area (TPSA) is 117 Å². The predicted molar refractivity (Wildman–Crippen MR) is 110 cm³/mol. The number of morpholine rings is 1. The molecule has 0 atom stereocenters. The van der Waals surface area contributed by atoms with Gasteiger partial charge >= 0.3 is 0 Å². The molecule has 0 aliphatic carbocycles. The zero-order valence-corrected chi connectivity index (χ0v) is 16.1. The Balaban J connectivity index is 0.000000150. The molecule has 0 aromatic carbocycles. The molecule has 5 heterocycles. The number of hydrogen-bond donors (Lipinski definition) is 2. The van der Waals surface area contributed by atoms with Crippen LogP contribution in [0.4, 0.5) is 5.82 Å². The Kier molecular flexibility index (Phi) is 5.30. The van der Waals surface area contributed by atoms with Crippen LogP contribution in [0.25, 0.3) is 22.1 Å². The molecule has 1 aliphatic heterocycles. The van der Waals surface area contributed by atoms with Crippen molar-refractivity contribution >= 4 is 39.5 Å². The first-order valence-corrected chi connectivity index (χ1v) is 9.32. The van der Waals surface area contributed by atoms with E-state index < -0.39 is 0 Å². The number of nitriles is 2. The van der Waals surface area contributed by atoms with E-state index in [4.69, 9.17) is 21.6 Å². The van der Waals surface area contributed by atoms with Crippen molar-refractivity contribution in [3.05, 3.63) is 52.9 Å². The zero-order valence-electron chi connectivity index (χ0n) is 15.3. The van der Waals surface area contributed by atoms with E-state index in [0.29, 0.717) is 35.0 Å². The molecular formula is C20H16ClN7O. The highest BCUT2D eigenvalue weighted by molar-refractivity contribution is 6.32. The van der Waals surface area contributed by atoms with Gasteiger partial charge in [0, 0.05) is 25.5 Å². The smallest absolute Gasteiger partial charge is 0.127 e. The normalized spacial score (nSPS) is 13.6. The molecule has 9 heteroatoms. The van der Waals surface area contributed by atoms with Crippen molar-refractivity contribution in [2.75, 3.05) is 31.2 Å². The number of pyridine rings is 2. The average Bonchev–Trinajstić information content (AvgIpc) is 3.31. The Morgan fingerprint density at radius 2 is 1.52 bits per heavy atom. The highest BCUT2D eigenvalue weighted by Crippen LogP contribution is 2.27. The lowest BCUT2D eigenvalue weighted by molar-refractivity contribution is 0.122. The Morgan fingerprint density at radius 3 is 2.14 bits per heavy atom. The summed E-state index contributed by atoms with van der Waals surface area (Å²) in [7, 11) is 0. The van der Waals surface area contributed by atoms with E-state index >= 15 is 0 Å². The third kappa shape index (κ3) is 3.59. The van der Waals surface area contributed by atoms with Gasteiger partial charge in [0.15, 0.2) is 0 Å². The van der Waals surface area contributed by atoms with E-state index in [1.165, 1.54) is 0 Å². The van der Waals surface area contributed by atoms with Crippen LogP contribution in [0.3, 0.4) is 0 Å². The van der Waals surface area contributed by atoms with E-state index in [1.54, 1.807) is 18.5 Å². The minimum Gasteiger partial charge on any atom is -0.378 e. The van der Waals surface area contributed by atoms with Crippen molar-refractivity contribution in [2.24, 2.45) is 0 Å². The number of nitrogens with zero attached hydrogens (tertiary/aromatic N) is 5. The van der Waals surface area contributed by atoms with E-state index in [1.807, 2.05) is 24.3 Å². The lowest BCUT2D eigenvalue weighted by Gasteiger charge is -2.27. The van der Waals surface area contributed by atoms with E-state index in [9.17, 15) is 5.26 Å². The molecule has 0 amide bonds. The molecule has 1 aliphatic rings. The average molecular weight is 406 g/mol. The van der Waals surface area contributed by atoms with Crippen molar-refractivity contribution < 1.29 is 4.74 Å². The quantitative estimate of drug-likeness (QED) is 0.501. The summed E-state index contributed by atoms with van der Waals surface area (Å²) in [4.78, 5) is 16.6. The number of H-pyrrole nitrogens is 2. The first-order chi connectivity index (χ1) is 14.2. The summed E-state index contributed by atoms with van der Waals surface area (Å²) < 4.78 is 5.31. The lowest BCUT2D eigenvalue weighted by Crippen LogP contribution is -2.36. The maximum atomic E-state index is 9.27. The number of rotatable bonds is 1. The molecule has 1 fully saturated rings. The Morgan fingerprint density at radius 1 is 0.931 bits per heavy atom. The fraction of sp³-hybridized carbons (Fsp3) is 0.200. The fourth-order valence-corrected chi connectivity index (χ4v) is 3.46. The van der Waals surface area contributed by atoms with E-state index in [0.717, 1.165) is 35.5 Å². The van der Waals surface area contributed by atoms with Crippen molar-refractivity contribution in [2.45, 2.75) is 0 Å². The minimum atomic E-state index is 0.353. The number of aromatic amines is 2. The third-order valence-corrected chi connectivity index (χ3v) is 4.88. The van der Waals surface area contributed by atoms with Gasteiger partial charge in [-0.25, -0.2) is 0 Å². The van der Waals surface area contributed by atoms with Crippen molar-refractivity contribution in [3.63, 3.8) is 0 Å². The summed E-state index contributed by atoms with van der Waals surface area (Å²) in [5.41, 5.74) is 4.11. The van der Waals surface area contributed by atoms with Crippen LogP contribution < -0.4 is 4.90 Å². The maximum Gasteiger partial charge on any atom is 0.127 e. The zero-order chi connectivity index (χ0) is 20.2. The van der Waals surface area contributed by atoms with E-state index in [2.05, 4.69) is 30.9 Å². The number of nitrogens with one attached hydrogen (secondary N) is 2. The summed E-state index contributed by atoms with van der Waals surface area (Å²) in [6.07, 6.45) is 3.34. The lowest BCUT2D eigenvalue weighted by atomic mass is 10.2. The van der Waals surface area contributed by atoms with Crippen LogP contribution in [-0.4, -0.2) is 46.2 Å². The summed E-state index contributed by atoms with van der Waals surface area (Å²) in [5.74, 6) is 0.865. The molecule has 0 spiro atoms. The van der Waals surface area contributed by atoms with Crippen LogP contribution in [0.1, 0.15) is 11.1 Å². The second kappa shape index (κ2) is 8.19. The van der Waals surface area contributed by atoms with Crippen LogP contribution in [0.5, 0.6) is 0 Å². The third-order valence-electron chi connectivity index (χ3n) is 4.59. The van der Waals surface area contributed by atoms with Gasteiger partial charge in [-0.3, -0.25) is 9.97 Å². The molecule has 0 radical (unpaired) electrons. The van der Waals surface area contributed by atoms with Gasteiger partial charge < -0.3 is 19.6 Å². The van der Waals surface area contributed by atoms with Crippen molar-refractivity contribution in [3.8, 4) is 12.1 Å². The summed E-state index contributed by atoms with van der Waals surface area (Å²) >= 11 is 5.75. The van der Waals surface area contributed by atoms with Crippen molar-refractivity contribution in [1.29, 1.82) is 10.5 Å². The SMILES string of the molecule is N#Cc1c(Cl)[nH]c2cccnc12.N#Cc1c(N2CCOCC2)[nH]c2cccnc12. The maximum absolute atomic E-state index is 9.27. The Hall–Kier alpha value is -3.59. The second-order valence-corrected chi connectivity index (χ2v) is 6.66. The molecule has 8 nitrogen and oxygen atoms in total. The van der Waals surface area contributed by atoms with Gasteiger partial charge in [-0.2, -0.15) is 10.5 Å². The molecule has 1 saturated heterocycles. The molecule has 144 valence electrons. The highest BCUT2D eigenvalue weighted by Gasteiger charge is 2.19. The van der Waals surface area contributed by atoms with Crippen LogP contribution in [0.15, 0.2) is 36.7 Å². The monoisotopic (exact) mass is 405 g/mol. The number of ether oxygens (including phenoxy) is 1. The van der Waals surface area contributed by atoms with Gasteiger partial charge in [0.1, 0.15) is 45.3 Å². The van der Waals surface area contributed by atoms with Crippen LogP contribution in [0.2, 0.25) is 5.15 Å². The number of aromatic nitrogens is 4. The predicted octanol–water partition coefficient (Wildman–Crippen LogP) is 3.36. The van der Waals surface area contributed by atoms with Gasteiger partial charge in [-0.05, 0) is 24.3 Å². The number of anilines is 1. The molecule has 0 bridgehead atoms. The summed E-state index contributed by atoms with van der Waals surface area (Å²) in [6, 6.07) is 11.7. The Bertz CT molecular complexity index is 1240. The molecule has 5 rings (SSSR count). The standard InChI is InChI=1S/C12H12N4O.C8H4ClN3/c13-8-9-11-10(2-1-3-14-11)15-12(9)16-4-6-17-7-5-16;9-8-5(4-10)7-6(12-8)2-1-3-11-7/h1-3,15H,4-7H2;1-3,12H. The van der Waals surface area contributed by atoms with Gasteiger partial charge in [0.25, 0.3) is 0 Å². The number of hydrogen-bond acceptors (Lipinski definition) is 6. The summed E-state index contributed by atoms with van der Waals surface area (Å²) in [5, 5.41) is 18.3. The largest absolute Gasteiger partial charge is 0.378 e. The van der Waals surface area contributed by atoms with E-state index in [-0.39, 0.29) is 0 Å². The molecule has 0 unspecified atom stereocenters. The molecule has 4 aromatic rings. The van der Waals surface area contributed by atoms with Gasteiger partial charge in [0.05, 0.1) is 24.2 Å². The van der Waals surface area contributed by atoms with Gasteiger partial charge in [-0.15, -0.1) is 0 Å². The fourth-order valence-electron chi connectivity index (χ4n) is 3.23. The highest BCUT2D eigenvalue weighted by atomic mass is 35.5. The van der Waals surface area contributed by atoms with Gasteiger partial charge in [0.2, 0.25) is 0 Å². The van der Waals surface area contributed by atoms with Gasteiger partial charge in [-0.1, -0.05) is 11.6 Å². The first kappa shape index (κ1) is 18.8. The second-order valence-electron chi connectivity index (χ2n) is 6.28. The van der Waals surface area contributed by atoms with Crippen LogP contribution >= 0.6 is 11.6 Å². The number of halogens is 1. The summed E-state index contributed by atoms with van der Waals surface area (Å²) in [6.45, 7) is 3.02. The molecule has 29 heavy (non-hydrogen) atoms. The number of fused-ring (bicyclic) bond motifs is 2. The molecule has 2 N–H and O–H groups in total. The molecule has 0 saturated carbocycles. The Labute approximate surface area is 171 Å². The van der Waals surface area contributed by atoms with Crippen molar-refractivity contribution in [1.82, 2.24) is 19.9 Å². The molecule has 4 aromatic heterocycles. The van der Waals surface area contributed by atoms with Crippen LogP contribution in [0, 0.1) is 22.7 Å². The molecular weight excluding hydrogens is 390 g/mol.